The summed E-state index contributed by atoms with van der Waals surface area (Å²) in [6.45, 7) is 0. The summed E-state index contributed by atoms with van der Waals surface area (Å²) < 4.78 is 11.1. The third-order valence-corrected chi connectivity index (χ3v) is 9.83. The zero-order valence-corrected chi connectivity index (χ0v) is 23.2. The summed E-state index contributed by atoms with van der Waals surface area (Å²) >= 11 is 1.86. The second-order valence-electron chi connectivity index (χ2n) is 10.9. The first-order chi connectivity index (χ1) is 20.8. The maximum atomic E-state index is 6.18. The molecule has 3 aromatic heterocycles. The summed E-state index contributed by atoms with van der Waals surface area (Å²) in [4.78, 5) is 2.58. The lowest BCUT2D eigenvalue weighted by Crippen LogP contribution is -2.05. The SMILES string of the molecule is c1ccc2c(c1)Sc1cccc3c4c5ccccc5n(-c5ccc(-c6cccc7oc8ccccc8c67)cc5)c4n-2c13. The molecule has 1 aliphatic heterocycles. The first kappa shape index (κ1) is 22.5. The molecule has 6 aromatic carbocycles. The Balaban J connectivity index is 1.26. The predicted octanol–water partition coefficient (Wildman–Crippen LogP) is 10.8. The molecule has 0 unspecified atom stereocenters. The van der Waals surface area contributed by atoms with Crippen LogP contribution in [0.15, 0.2) is 148 Å². The number of rotatable bonds is 2. The Morgan fingerprint density at radius 3 is 2.14 bits per heavy atom. The molecule has 0 N–H and O–H groups in total. The molecule has 196 valence electrons. The molecule has 0 saturated heterocycles. The fraction of sp³-hybridized carbons (Fsp3) is 0. The number of hydrogen-bond donors (Lipinski definition) is 0. The van der Waals surface area contributed by atoms with Gasteiger partial charge in [0.2, 0.25) is 0 Å². The van der Waals surface area contributed by atoms with Gasteiger partial charge in [0.15, 0.2) is 0 Å². The zero-order chi connectivity index (χ0) is 27.4. The lowest BCUT2D eigenvalue weighted by molar-refractivity contribution is 0.669. The van der Waals surface area contributed by atoms with Crippen molar-refractivity contribution in [2.45, 2.75) is 9.79 Å². The molecule has 1 aliphatic rings. The third-order valence-electron chi connectivity index (χ3n) is 8.72. The highest BCUT2D eigenvalue weighted by molar-refractivity contribution is 7.99. The lowest BCUT2D eigenvalue weighted by atomic mass is 9.99. The van der Waals surface area contributed by atoms with Crippen LogP contribution in [0.3, 0.4) is 0 Å². The maximum absolute atomic E-state index is 6.18. The molecule has 10 rings (SSSR count). The van der Waals surface area contributed by atoms with Gasteiger partial charge in [-0.2, -0.15) is 0 Å². The van der Waals surface area contributed by atoms with E-state index in [0.29, 0.717) is 0 Å². The van der Waals surface area contributed by atoms with E-state index in [1.54, 1.807) is 0 Å². The standard InChI is InChI=1S/C38H22N2OS/c1-3-13-29-26(9-1)36-28-12-8-18-34-37(28)40(30-14-4-6-17-33(30)42-34)38(36)39(29)24-21-19-23(20-22-24)25-11-7-16-32-35(25)27-10-2-5-15-31(27)41-32/h1-22H. The Bertz CT molecular complexity index is 2550. The summed E-state index contributed by atoms with van der Waals surface area (Å²) in [6, 6.07) is 48.0. The molecule has 9 aromatic rings. The number of furan rings is 1. The van der Waals surface area contributed by atoms with Gasteiger partial charge in [0.05, 0.1) is 16.7 Å². The van der Waals surface area contributed by atoms with Crippen LogP contribution in [0.1, 0.15) is 0 Å². The summed E-state index contributed by atoms with van der Waals surface area (Å²) in [5, 5.41) is 6.19. The van der Waals surface area contributed by atoms with E-state index in [0.717, 1.165) is 22.2 Å². The molecule has 0 spiro atoms. The predicted molar refractivity (Wildman–Crippen MR) is 174 cm³/mol. The van der Waals surface area contributed by atoms with Crippen molar-refractivity contribution in [1.29, 1.82) is 0 Å². The van der Waals surface area contributed by atoms with Crippen LogP contribution < -0.4 is 0 Å². The zero-order valence-electron chi connectivity index (χ0n) is 22.4. The number of aromatic nitrogens is 2. The fourth-order valence-corrected chi connectivity index (χ4v) is 8.09. The van der Waals surface area contributed by atoms with E-state index < -0.39 is 0 Å². The third kappa shape index (κ3) is 2.87. The molecular weight excluding hydrogens is 532 g/mol. The van der Waals surface area contributed by atoms with E-state index in [2.05, 4.69) is 130 Å². The average molecular weight is 555 g/mol. The lowest BCUT2D eigenvalue weighted by Gasteiger charge is -2.21. The minimum atomic E-state index is 0.919. The Labute approximate surface area is 245 Å². The molecule has 0 aliphatic carbocycles. The Kier molecular flexibility index (Phi) is 4.38. The van der Waals surface area contributed by atoms with Crippen LogP contribution in [0, 0.1) is 0 Å². The molecule has 0 radical (unpaired) electrons. The number of para-hydroxylation sites is 4. The summed E-state index contributed by atoms with van der Waals surface area (Å²) in [7, 11) is 0. The molecule has 0 fully saturated rings. The van der Waals surface area contributed by atoms with Gasteiger partial charge in [-0.15, -0.1) is 0 Å². The van der Waals surface area contributed by atoms with Gasteiger partial charge in [-0.25, -0.2) is 0 Å². The second-order valence-corrected chi connectivity index (χ2v) is 12.0. The van der Waals surface area contributed by atoms with Gasteiger partial charge in [0, 0.05) is 42.4 Å². The maximum Gasteiger partial charge on any atom is 0.136 e. The van der Waals surface area contributed by atoms with Gasteiger partial charge in [0.25, 0.3) is 0 Å². The number of fused-ring (bicyclic) bond motifs is 10. The second kappa shape index (κ2) is 8.19. The Morgan fingerprint density at radius 1 is 0.500 bits per heavy atom. The number of hydrogen-bond acceptors (Lipinski definition) is 2. The van der Waals surface area contributed by atoms with Crippen molar-refractivity contribution >= 4 is 66.5 Å². The number of benzene rings is 6. The van der Waals surface area contributed by atoms with E-state index >= 15 is 0 Å². The quantitative estimate of drug-likeness (QED) is 0.212. The topological polar surface area (TPSA) is 23.0 Å². The molecule has 4 heteroatoms. The van der Waals surface area contributed by atoms with Crippen molar-refractivity contribution < 1.29 is 4.42 Å². The molecule has 4 heterocycles. The van der Waals surface area contributed by atoms with Gasteiger partial charge in [-0.1, -0.05) is 96.7 Å². The van der Waals surface area contributed by atoms with E-state index in [9.17, 15) is 0 Å². The summed E-state index contributed by atoms with van der Waals surface area (Å²) in [5.74, 6) is 0. The minimum Gasteiger partial charge on any atom is -0.456 e. The van der Waals surface area contributed by atoms with Crippen LogP contribution in [0.5, 0.6) is 0 Å². The van der Waals surface area contributed by atoms with Crippen molar-refractivity contribution in [3.05, 3.63) is 133 Å². The largest absolute Gasteiger partial charge is 0.456 e. The van der Waals surface area contributed by atoms with Crippen molar-refractivity contribution in [1.82, 2.24) is 9.13 Å². The minimum absolute atomic E-state index is 0.919. The van der Waals surface area contributed by atoms with Crippen molar-refractivity contribution in [3.63, 3.8) is 0 Å². The van der Waals surface area contributed by atoms with E-state index in [1.807, 2.05) is 23.9 Å². The highest BCUT2D eigenvalue weighted by Gasteiger charge is 2.27. The van der Waals surface area contributed by atoms with Crippen LogP contribution in [0.2, 0.25) is 0 Å². The van der Waals surface area contributed by atoms with Crippen LogP contribution in [-0.4, -0.2) is 9.13 Å². The first-order valence-electron chi connectivity index (χ1n) is 14.2. The molecule has 3 nitrogen and oxygen atoms in total. The van der Waals surface area contributed by atoms with Crippen molar-refractivity contribution in [2.75, 3.05) is 0 Å². The van der Waals surface area contributed by atoms with Gasteiger partial charge >= 0.3 is 0 Å². The van der Waals surface area contributed by atoms with Crippen LogP contribution >= 0.6 is 11.8 Å². The Morgan fingerprint density at radius 2 is 1.21 bits per heavy atom. The molecule has 0 amide bonds. The number of nitrogens with zero attached hydrogens (tertiary/aromatic N) is 2. The highest BCUT2D eigenvalue weighted by Crippen LogP contribution is 2.49. The van der Waals surface area contributed by atoms with Gasteiger partial charge in [-0.05, 0) is 59.7 Å². The molecule has 0 bridgehead atoms. The highest BCUT2D eigenvalue weighted by atomic mass is 32.2. The smallest absolute Gasteiger partial charge is 0.136 e. The monoisotopic (exact) mass is 554 g/mol. The van der Waals surface area contributed by atoms with Crippen molar-refractivity contribution in [3.8, 4) is 22.5 Å². The molecule has 42 heavy (non-hydrogen) atoms. The van der Waals surface area contributed by atoms with Gasteiger partial charge in [0.1, 0.15) is 16.8 Å². The van der Waals surface area contributed by atoms with Gasteiger partial charge in [-0.3, -0.25) is 9.13 Å². The van der Waals surface area contributed by atoms with Crippen molar-refractivity contribution in [2.24, 2.45) is 0 Å². The molecule has 0 saturated carbocycles. The fourth-order valence-electron chi connectivity index (χ4n) is 6.99. The van der Waals surface area contributed by atoms with Crippen LogP contribution in [0.25, 0.3) is 77.3 Å². The van der Waals surface area contributed by atoms with E-state index in [4.69, 9.17) is 4.42 Å². The normalized spacial score (nSPS) is 12.7. The van der Waals surface area contributed by atoms with E-state index in [1.165, 1.54) is 64.8 Å². The molecule has 0 atom stereocenters. The van der Waals surface area contributed by atoms with Gasteiger partial charge < -0.3 is 4.42 Å². The summed E-state index contributed by atoms with van der Waals surface area (Å²) in [5.41, 5.74) is 10.3. The van der Waals surface area contributed by atoms with E-state index in [-0.39, 0.29) is 0 Å². The first-order valence-corrected chi connectivity index (χ1v) is 15.0. The Hall–Kier alpha value is -5.19. The van der Waals surface area contributed by atoms with Crippen LogP contribution in [-0.2, 0) is 0 Å². The summed E-state index contributed by atoms with van der Waals surface area (Å²) in [6.07, 6.45) is 0. The molecular formula is C38H22N2OS. The average Bonchev–Trinajstić information content (AvgIpc) is 3.70. The van der Waals surface area contributed by atoms with Crippen LogP contribution in [0.4, 0.5) is 0 Å².